The van der Waals surface area contributed by atoms with Gasteiger partial charge in [0.05, 0.1) is 18.2 Å². The van der Waals surface area contributed by atoms with Gasteiger partial charge in [-0.3, -0.25) is 9.10 Å². The molecule has 174 valence electrons. The molecule has 34 heavy (non-hydrogen) atoms. The number of anilines is 1. The van der Waals surface area contributed by atoms with Crippen LogP contribution in [0.3, 0.4) is 0 Å². The molecular weight excluding hydrogens is 474 g/mol. The standard InChI is InChI=1S/C24H22ClN5O3S/c1-17-21(24(25)28-30(17)19-11-4-3-5-12-19)15-26-27-23(31)16-29(34(2,32)33)22-14-8-10-18-9-6-7-13-20(18)22/h3-15H,16H2,1-2H3,(H,27,31)/p+1. The third-order valence-electron chi connectivity index (χ3n) is 5.29. The quantitative estimate of drug-likeness (QED) is 0.233. The molecule has 1 heterocycles. The van der Waals surface area contributed by atoms with Crippen molar-refractivity contribution < 1.29 is 17.9 Å². The number of para-hydroxylation sites is 1. The number of hydrogen-bond acceptors (Lipinski definition) is 4. The molecule has 0 unspecified atom stereocenters. The van der Waals surface area contributed by atoms with Gasteiger partial charge in [0.25, 0.3) is 5.91 Å². The van der Waals surface area contributed by atoms with Gasteiger partial charge in [0, 0.05) is 24.4 Å². The van der Waals surface area contributed by atoms with E-state index in [0.717, 1.165) is 32.7 Å². The Hall–Kier alpha value is -3.69. The lowest BCUT2D eigenvalue weighted by Crippen LogP contribution is -2.39. The highest BCUT2D eigenvalue weighted by Gasteiger charge is 2.23. The molecule has 3 aromatic carbocycles. The van der Waals surface area contributed by atoms with Crippen LogP contribution in [0, 0.1) is 6.92 Å². The van der Waals surface area contributed by atoms with Crippen LogP contribution in [0.15, 0.2) is 77.9 Å². The average Bonchev–Trinajstić information content (AvgIpc) is 3.10. The summed E-state index contributed by atoms with van der Waals surface area (Å²) < 4.78 is 27.9. The topological polar surface area (TPSA) is 98.5 Å². The van der Waals surface area contributed by atoms with Gasteiger partial charge in [0.15, 0.2) is 5.15 Å². The molecule has 0 aliphatic carbocycles. The van der Waals surface area contributed by atoms with E-state index in [-0.39, 0.29) is 0 Å². The van der Waals surface area contributed by atoms with Crippen LogP contribution in [0.1, 0.15) is 11.3 Å². The summed E-state index contributed by atoms with van der Waals surface area (Å²) in [6.45, 7) is 1.44. The molecule has 0 bridgehead atoms. The summed E-state index contributed by atoms with van der Waals surface area (Å²) in [5.41, 5.74) is 5.11. The van der Waals surface area contributed by atoms with Crippen molar-refractivity contribution >= 4 is 50.2 Å². The number of aromatic amines is 1. The van der Waals surface area contributed by atoms with Crippen LogP contribution in [-0.4, -0.2) is 38.4 Å². The number of nitrogens with one attached hydrogen (secondary N) is 2. The summed E-state index contributed by atoms with van der Waals surface area (Å²) in [6.07, 6.45) is 2.49. The second-order valence-corrected chi connectivity index (χ2v) is 9.94. The SMILES string of the molecule is Cc1c(C=NNC(=O)CN(c2cccc3ccccc23)S(C)(=O)=O)c(Cl)[nH][n+]1-c1ccccc1. The molecule has 8 nitrogen and oxygen atoms in total. The average molecular weight is 497 g/mol. The van der Waals surface area contributed by atoms with E-state index in [4.69, 9.17) is 11.6 Å². The zero-order chi connectivity index (χ0) is 24.3. The van der Waals surface area contributed by atoms with Gasteiger partial charge in [-0.15, -0.1) is 5.10 Å². The number of hydrogen-bond donors (Lipinski definition) is 2. The molecule has 0 atom stereocenters. The number of halogens is 1. The number of hydrazone groups is 1. The van der Waals surface area contributed by atoms with Crippen molar-refractivity contribution in [3.63, 3.8) is 0 Å². The van der Waals surface area contributed by atoms with E-state index in [0.29, 0.717) is 16.4 Å². The van der Waals surface area contributed by atoms with Gasteiger partial charge >= 0.3 is 0 Å². The lowest BCUT2D eigenvalue weighted by Gasteiger charge is -2.23. The molecule has 0 saturated carbocycles. The van der Waals surface area contributed by atoms with Gasteiger partial charge in [-0.2, -0.15) is 5.10 Å². The molecule has 4 rings (SSSR count). The third kappa shape index (κ3) is 4.95. The van der Waals surface area contributed by atoms with Crippen LogP contribution >= 0.6 is 11.6 Å². The van der Waals surface area contributed by atoms with Crippen molar-refractivity contribution in [2.75, 3.05) is 17.1 Å². The molecule has 10 heteroatoms. The first-order valence-electron chi connectivity index (χ1n) is 10.4. The van der Waals surface area contributed by atoms with Crippen LogP contribution in [0.25, 0.3) is 16.5 Å². The Kier molecular flexibility index (Phi) is 6.67. The Morgan fingerprint density at radius 3 is 2.50 bits per heavy atom. The van der Waals surface area contributed by atoms with E-state index in [1.165, 1.54) is 6.21 Å². The van der Waals surface area contributed by atoms with Crippen molar-refractivity contribution in [1.82, 2.24) is 10.5 Å². The van der Waals surface area contributed by atoms with E-state index < -0.39 is 22.5 Å². The fourth-order valence-electron chi connectivity index (χ4n) is 3.65. The summed E-state index contributed by atoms with van der Waals surface area (Å²) in [5, 5.41) is 9.00. The van der Waals surface area contributed by atoms with E-state index in [2.05, 4.69) is 15.6 Å². The van der Waals surface area contributed by atoms with Crippen molar-refractivity contribution in [3.05, 3.63) is 89.2 Å². The highest BCUT2D eigenvalue weighted by atomic mass is 35.5. The smallest absolute Gasteiger partial charge is 0.260 e. The van der Waals surface area contributed by atoms with E-state index in [1.54, 1.807) is 16.8 Å². The third-order valence-corrected chi connectivity index (χ3v) is 6.71. The molecule has 0 saturated heterocycles. The first-order valence-corrected chi connectivity index (χ1v) is 12.6. The molecule has 1 aromatic heterocycles. The van der Waals surface area contributed by atoms with Gasteiger partial charge in [-0.1, -0.05) is 70.9 Å². The second-order valence-electron chi connectivity index (χ2n) is 7.66. The Balaban J connectivity index is 1.53. The normalized spacial score (nSPS) is 11.7. The van der Waals surface area contributed by atoms with Crippen LogP contribution in [0.4, 0.5) is 5.69 Å². The molecule has 1 amide bonds. The lowest BCUT2D eigenvalue weighted by molar-refractivity contribution is -0.661. The molecule has 4 aromatic rings. The number of carbonyl (C=O) groups is 1. The first-order chi connectivity index (χ1) is 16.3. The van der Waals surface area contributed by atoms with Crippen LogP contribution in [0.5, 0.6) is 0 Å². The van der Waals surface area contributed by atoms with Gasteiger partial charge in [0.2, 0.25) is 21.4 Å². The first kappa shape index (κ1) is 23.5. The van der Waals surface area contributed by atoms with Crippen LogP contribution < -0.4 is 14.4 Å². The number of carbonyl (C=O) groups excluding carboxylic acids is 1. The molecule has 0 aliphatic heterocycles. The predicted octanol–water partition coefficient (Wildman–Crippen LogP) is 3.32. The molecule has 0 spiro atoms. The summed E-state index contributed by atoms with van der Waals surface area (Å²) in [5.74, 6) is -0.588. The number of benzene rings is 3. The number of fused-ring (bicyclic) bond motifs is 1. The van der Waals surface area contributed by atoms with E-state index in [9.17, 15) is 13.2 Å². The monoisotopic (exact) mass is 496 g/mol. The zero-order valence-electron chi connectivity index (χ0n) is 18.6. The maximum atomic E-state index is 12.6. The van der Waals surface area contributed by atoms with E-state index in [1.807, 2.05) is 67.6 Å². The summed E-state index contributed by atoms with van der Waals surface area (Å²) in [6, 6.07) is 22.3. The minimum Gasteiger partial charge on any atom is -0.271 e. The molecule has 0 aliphatic rings. The fourth-order valence-corrected chi connectivity index (χ4v) is 4.79. The highest BCUT2D eigenvalue weighted by molar-refractivity contribution is 7.92. The van der Waals surface area contributed by atoms with Gasteiger partial charge in [-0.25, -0.2) is 13.8 Å². The number of rotatable bonds is 7. The highest BCUT2D eigenvalue weighted by Crippen LogP contribution is 2.28. The minimum absolute atomic E-state index is 0.355. The van der Waals surface area contributed by atoms with Gasteiger partial charge in [0.1, 0.15) is 12.1 Å². The van der Waals surface area contributed by atoms with Crippen molar-refractivity contribution in [3.8, 4) is 5.69 Å². The second kappa shape index (κ2) is 9.66. The van der Waals surface area contributed by atoms with Crippen LogP contribution in [0.2, 0.25) is 5.15 Å². The maximum absolute atomic E-state index is 12.6. The molecule has 0 radical (unpaired) electrons. The lowest BCUT2D eigenvalue weighted by atomic mass is 10.1. The Labute approximate surface area is 202 Å². The zero-order valence-corrected chi connectivity index (χ0v) is 20.1. The summed E-state index contributed by atoms with van der Waals surface area (Å²) >= 11 is 6.33. The maximum Gasteiger partial charge on any atom is 0.260 e. The van der Waals surface area contributed by atoms with Crippen molar-refractivity contribution in [1.29, 1.82) is 0 Å². The Morgan fingerprint density at radius 1 is 1.09 bits per heavy atom. The molecule has 2 N–H and O–H groups in total. The van der Waals surface area contributed by atoms with Crippen molar-refractivity contribution in [2.45, 2.75) is 6.92 Å². The summed E-state index contributed by atoms with van der Waals surface area (Å²) in [7, 11) is -3.73. The number of sulfonamides is 1. The van der Waals surface area contributed by atoms with E-state index >= 15 is 0 Å². The Bertz CT molecular complexity index is 1480. The van der Waals surface area contributed by atoms with Crippen LogP contribution in [-0.2, 0) is 14.8 Å². The predicted molar refractivity (Wildman–Crippen MR) is 134 cm³/mol. The van der Waals surface area contributed by atoms with Gasteiger partial charge in [-0.05, 0) is 11.5 Å². The Morgan fingerprint density at radius 2 is 1.76 bits per heavy atom. The number of amides is 1. The molecular formula is C24H23ClN5O3S+. The van der Waals surface area contributed by atoms with Gasteiger partial charge < -0.3 is 0 Å². The number of aromatic nitrogens is 2. The van der Waals surface area contributed by atoms with Crippen molar-refractivity contribution in [2.24, 2.45) is 5.10 Å². The largest absolute Gasteiger partial charge is 0.271 e. The number of nitrogens with zero attached hydrogens (tertiary/aromatic N) is 3. The minimum atomic E-state index is -3.73. The fraction of sp³-hybridized carbons (Fsp3) is 0.125. The number of H-pyrrole nitrogens is 1. The summed E-state index contributed by atoms with van der Waals surface area (Å²) in [4.78, 5) is 12.6. The molecule has 0 fully saturated rings.